The first-order chi connectivity index (χ1) is 9.88. The standard InChI is InChI=1S/C13H21N3O5/c1-9(2)11(13(20)21)15-8-10(7-14)12(19)16(3-5-17)4-6-18/h8-9,11,15,17-18H,3-6H2,1-2H3,(H,20,21)/b10-8-. The number of carboxylic acids is 1. The highest BCUT2D eigenvalue weighted by atomic mass is 16.4. The molecule has 1 amide bonds. The Balaban J connectivity index is 5.04. The topological polar surface area (TPSA) is 134 Å². The average Bonchev–Trinajstić information content (AvgIpc) is 2.41. The molecule has 0 heterocycles. The average molecular weight is 299 g/mol. The number of carbonyl (C=O) groups excluding carboxylic acids is 1. The van der Waals surface area contributed by atoms with E-state index in [-0.39, 0.29) is 37.8 Å². The molecule has 21 heavy (non-hydrogen) atoms. The van der Waals surface area contributed by atoms with E-state index in [1.54, 1.807) is 19.9 Å². The predicted octanol–water partition coefficient (Wildman–Crippen LogP) is -1.09. The van der Waals surface area contributed by atoms with Crippen molar-refractivity contribution in [3.05, 3.63) is 11.8 Å². The number of hydrogen-bond donors (Lipinski definition) is 4. The fourth-order valence-electron chi connectivity index (χ4n) is 1.59. The summed E-state index contributed by atoms with van der Waals surface area (Å²) in [4.78, 5) is 24.2. The summed E-state index contributed by atoms with van der Waals surface area (Å²) >= 11 is 0. The van der Waals surface area contributed by atoms with Crippen molar-refractivity contribution in [1.82, 2.24) is 10.2 Å². The highest BCUT2D eigenvalue weighted by molar-refractivity contribution is 5.97. The molecule has 0 aliphatic heterocycles. The van der Waals surface area contributed by atoms with Gasteiger partial charge in [-0.15, -0.1) is 0 Å². The van der Waals surface area contributed by atoms with Crippen molar-refractivity contribution in [2.24, 2.45) is 5.92 Å². The van der Waals surface area contributed by atoms with Gasteiger partial charge in [-0.25, -0.2) is 4.79 Å². The highest BCUT2D eigenvalue weighted by Gasteiger charge is 2.22. The van der Waals surface area contributed by atoms with E-state index < -0.39 is 17.9 Å². The molecule has 0 fully saturated rings. The van der Waals surface area contributed by atoms with Crippen LogP contribution in [0.25, 0.3) is 0 Å². The van der Waals surface area contributed by atoms with Crippen LogP contribution in [0.5, 0.6) is 0 Å². The molecule has 1 atom stereocenters. The second-order valence-electron chi connectivity index (χ2n) is 4.64. The Labute approximate surface area is 123 Å². The molecule has 4 N–H and O–H groups in total. The number of carbonyl (C=O) groups is 2. The van der Waals surface area contributed by atoms with Crippen molar-refractivity contribution >= 4 is 11.9 Å². The van der Waals surface area contributed by atoms with Crippen LogP contribution in [0.1, 0.15) is 13.8 Å². The molecule has 0 aromatic rings. The number of amides is 1. The van der Waals surface area contributed by atoms with Crippen LogP contribution in [-0.2, 0) is 9.59 Å². The van der Waals surface area contributed by atoms with E-state index in [1.165, 1.54) is 0 Å². The van der Waals surface area contributed by atoms with Crippen LogP contribution in [0.3, 0.4) is 0 Å². The van der Waals surface area contributed by atoms with E-state index in [0.29, 0.717) is 0 Å². The van der Waals surface area contributed by atoms with Gasteiger partial charge in [-0.05, 0) is 5.92 Å². The van der Waals surface area contributed by atoms with Crippen LogP contribution in [0.4, 0.5) is 0 Å². The summed E-state index contributed by atoms with van der Waals surface area (Å²) in [6, 6.07) is 0.758. The van der Waals surface area contributed by atoms with Crippen molar-refractivity contribution in [3.63, 3.8) is 0 Å². The summed E-state index contributed by atoms with van der Waals surface area (Å²) in [6.07, 6.45) is 1.06. The molecule has 118 valence electrons. The molecule has 0 saturated carbocycles. The molecule has 8 nitrogen and oxygen atoms in total. The Bertz CT molecular complexity index is 422. The number of nitriles is 1. The first kappa shape index (κ1) is 18.9. The van der Waals surface area contributed by atoms with E-state index in [0.717, 1.165) is 11.1 Å². The van der Waals surface area contributed by atoms with Crippen molar-refractivity contribution < 1.29 is 24.9 Å². The van der Waals surface area contributed by atoms with Crippen molar-refractivity contribution in [2.75, 3.05) is 26.3 Å². The van der Waals surface area contributed by atoms with Crippen molar-refractivity contribution in [1.29, 1.82) is 5.26 Å². The molecule has 0 aromatic heterocycles. The first-order valence-corrected chi connectivity index (χ1v) is 6.49. The third-order valence-electron chi connectivity index (χ3n) is 2.72. The van der Waals surface area contributed by atoms with Crippen molar-refractivity contribution in [3.8, 4) is 6.07 Å². The number of aliphatic hydroxyl groups excluding tert-OH is 2. The van der Waals surface area contributed by atoms with Gasteiger partial charge in [0.1, 0.15) is 17.7 Å². The van der Waals surface area contributed by atoms with Gasteiger partial charge in [0.25, 0.3) is 5.91 Å². The van der Waals surface area contributed by atoms with Crippen molar-refractivity contribution in [2.45, 2.75) is 19.9 Å². The Hall–Kier alpha value is -2.11. The second-order valence-corrected chi connectivity index (χ2v) is 4.64. The van der Waals surface area contributed by atoms with Gasteiger partial charge in [-0.3, -0.25) is 4.79 Å². The van der Waals surface area contributed by atoms with Gasteiger partial charge in [-0.2, -0.15) is 5.26 Å². The maximum atomic E-state index is 12.0. The molecule has 0 spiro atoms. The van der Waals surface area contributed by atoms with Crippen LogP contribution in [-0.4, -0.2) is 64.4 Å². The normalized spacial score (nSPS) is 12.7. The van der Waals surface area contributed by atoms with Gasteiger partial charge in [0, 0.05) is 19.3 Å². The zero-order valence-electron chi connectivity index (χ0n) is 12.1. The minimum atomic E-state index is -1.09. The van der Waals surface area contributed by atoms with Gasteiger partial charge in [0.15, 0.2) is 0 Å². The molecule has 0 aliphatic carbocycles. The van der Waals surface area contributed by atoms with E-state index in [2.05, 4.69) is 5.32 Å². The Morgan fingerprint density at radius 3 is 2.14 bits per heavy atom. The summed E-state index contributed by atoms with van der Waals surface area (Å²) in [5.41, 5.74) is -0.288. The third kappa shape index (κ3) is 6.25. The number of aliphatic carboxylic acids is 1. The summed E-state index contributed by atoms with van der Waals surface area (Å²) in [6.45, 7) is 2.73. The quantitative estimate of drug-likeness (QED) is 0.314. The van der Waals surface area contributed by atoms with Gasteiger partial charge >= 0.3 is 5.97 Å². The summed E-state index contributed by atoms with van der Waals surface area (Å²) < 4.78 is 0. The summed E-state index contributed by atoms with van der Waals surface area (Å²) in [5, 5.41) is 38.3. The van der Waals surface area contributed by atoms with Crippen LogP contribution in [0.15, 0.2) is 11.8 Å². The largest absolute Gasteiger partial charge is 0.480 e. The van der Waals surface area contributed by atoms with Crippen LogP contribution in [0, 0.1) is 17.2 Å². The number of nitrogens with one attached hydrogen (secondary N) is 1. The molecule has 0 radical (unpaired) electrons. The monoisotopic (exact) mass is 299 g/mol. The predicted molar refractivity (Wildman–Crippen MR) is 73.8 cm³/mol. The van der Waals surface area contributed by atoms with Gasteiger partial charge in [0.2, 0.25) is 0 Å². The van der Waals surface area contributed by atoms with Gasteiger partial charge in [0.05, 0.1) is 13.2 Å². The lowest BCUT2D eigenvalue weighted by atomic mass is 10.1. The van der Waals surface area contributed by atoms with E-state index in [4.69, 9.17) is 20.6 Å². The Morgan fingerprint density at radius 2 is 1.81 bits per heavy atom. The Morgan fingerprint density at radius 1 is 1.29 bits per heavy atom. The van der Waals surface area contributed by atoms with E-state index in [9.17, 15) is 9.59 Å². The zero-order chi connectivity index (χ0) is 16.4. The van der Waals surface area contributed by atoms with Crippen LogP contribution >= 0.6 is 0 Å². The number of hydrogen-bond acceptors (Lipinski definition) is 6. The molecule has 8 heteroatoms. The summed E-state index contributed by atoms with van der Waals surface area (Å²) in [5.74, 6) is -2.01. The van der Waals surface area contributed by atoms with Gasteiger partial charge < -0.3 is 25.5 Å². The van der Waals surface area contributed by atoms with Crippen LogP contribution < -0.4 is 5.32 Å². The molecule has 0 rings (SSSR count). The molecular weight excluding hydrogens is 278 g/mol. The van der Waals surface area contributed by atoms with E-state index >= 15 is 0 Å². The maximum absolute atomic E-state index is 12.0. The highest BCUT2D eigenvalue weighted by Crippen LogP contribution is 2.04. The number of carboxylic acid groups (broad SMARTS) is 1. The number of nitrogens with zero attached hydrogens (tertiary/aromatic N) is 2. The molecule has 0 aromatic carbocycles. The number of aliphatic hydroxyl groups is 2. The maximum Gasteiger partial charge on any atom is 0.326 e. The minimum absolute atomic E-state index is 0.0229. The molecule has 1 unspecified atom stereocenters. The fraction of sp³-hybridized carbons (Fsp3) is 0.615. The lowest BCUT2D eigenvalue weighted by Gasteiger charge is -2.21. The van der Waals surface area contributed by atoms with Gasteiger partial charge in [-0.1, -0.05) is 13.8 Å². The molecule has 0 saturated heterocycles. The lowest BCUT2D eigenvalue weighted by molar-refractivity contribution is -0.140. The molecule has 0 bridgehead atoms. The minimum Gasteiger partial charge on any atom is -0.480 e. The first-order valence-electron chi connectivity index (χ1n) is 6.49. The Kier molecular flexibility index (Phi) is 8.76. The molecular formula is C13H21N3O5. The fourth-order valence-corrected chi connectivity index (χ4v) is 1.59. The zero-order valence-corrected chi connectivity index (χ0v) is 12.1. The van der Waals surface area contributed by atoms with Crippen LogP contribution in [0.2, 0.25) is 0 Å². The molecule has 0 aliphatic rings. The lowest BCUT2D eigenvalue weighted by Crippen LogP contribution is -2.40. The SMILES string of the molecule is CC(C)C(N/C=C(/C#N)C(=O)N(CCO)CCO)C(=O)O. The third-order valence-corrected chi connectivity index (χ3v) is 2.72. The second kappa shape index (κ2) is 9.74. The summed E-state index contributed by atoms with van der Waals surface area (Å²) in [7, 11) is 0. The smallest absolute Gasteiger partial charge is 0.326 e. The number of rotatable bonds is 9. The van der Waals surface area contributed by atoms with E-state index in [1.807, 2.05) is 0 Å².